The number of carbonyl (C=O) groups excluding carboxylic acids is 1. The van der Waals surface area contributed by atoms with Gasteiger partial charge in [0.2, 0.25) is 11.7 Å². The van der Waals surface area contributed by atoms with Crippen LogP contribution in [0, 0.1) is 11.2 Å². The molecular weight excluding hydrogens is 405 g/mol. The molecule has 7 heteroatoms. The van der Waals surface area contributed by atoms with Gasteiger partial charge in [0, 0.05) is 6.54 Å². The molecule has 1 aliphatic heterocycles. The molecule has 2 heterocycles. The Balaban J connectivity index is 1.87. The van der Waals surface area contributed by atoms with Crippen molar-refractivity contribution in [2.45, 2.75) is 78.3 Å². The predicted molar refractivity (Wildman–Crippen MR) is 127 cm³/mol. The van der Waals surface area contributed by atoms with Gasteiger partial charge in [-0.1, -0.05) is 65.8 Å². The molecule has 0 saturated carbocycles. The van der Waals surface area contributed by atoms with Crippen LogP contribution in [0.5, 0.6) is 0 Å². The molecule has 1 amide bonds. The second-order valence-corrected chi connectivity index (χ2v) is 10.9. The Hall–Kier alpha value is -2.70. The van der Waals surface area contributed by atoms with Crippen LogP contribution in [0.15, 0.2) is 30.6 Å². The molecule has 1 aromatic carbocycles. The maximum Gasteiger partial charge on any atom is 0.239 e. The number of aromatic nitrogens is 2. The Kier molecular flexibility index (Phi) is 6.77. The van der Waals surface area contributed by atoms with Crippen molar-refractivity contribution >= 4 is 17.5 Å². The molecule has 174 valence electrons. The van der Waals surface area contributed by atoms with Crippen LogP contribution < -0.4 is 16.0 Å². The van der Waals surface area contributed by atoms with Crippen LogP contribution in [-0.2, 0) is 10.2 Å². The summed E-state index contributed by atoms with van der Waals surface area (Å²) in [6, 6.07) is 7.90. The van der Waals surface area contributed by atoms with Gasteiger partial charge in [-0.05, 0) is 41.2 Å². The molecule has 1 unspecified atom stereocenters. The first-order valence-electron chi connectivity index (χ1n) is 11.3. The highest BCUT2D eigenvalue weighted by Gasteiger charge is 2.31. The Morgan fingerprint density at radius 3 is 2.41 bits per heavy atom. The van der Waals surface area contributed by atoms with Crippen LogP contribution in [0.3, 0.4) is 0 Å². The highest BCUT2D eigenvalue weighted by molar-refractivity contribution is 5.82. The van der Waals surface area contributed by atoms with Gasteiger partial charge >= 0.3 is 0 Å². The summed E-state index contributed by atoms with van der Waals surface area (Å²) < 4.78 is 15.5. The lowest BCUT2D eigenvalue weighted by atomic mass is 9.86. The Bertz CT molecular complexity index is 946. The summed E-state index contributed by atoms with van der Waals surface area (Å²) >= 11 is 0. The number of amides is 1. The van der Waals surface area contributed by atoms with E-state index in [0.29, 0.717) is 13.0 Å². The minimum absolute atomic E-state index is 0.0109. The molecule has 2 atom stereocenters. The third kappa shape index (κ3) is 5.56. The fourth-order valence-corrected chi connectivity index (χ4v) is 4.23. The quantitative estimate of drug-likeness (QED) is 0.662. The zero-order chi connectivity index (χ0) is 23.7. The molecule has 1 aliphatic rings. The number of nitrogens with zero attached hydrogens (tertiary/aromatic N) is 3. The number of nitrogens with one attached hydrogen (secondary N) is 1. The van der Waals surface area contributed by atoms with Crippen molar-refractivity contribution in [3.05, 3.63) is 47.5 Å². The first kappa shape index (κ1) is 24.0. The molecule has 1 saturated heterocycles. The summed E-state index contributed by atoms with van der Waals surface area (Å²) in [6.45, 7) is 13.3. The summed E-state index contributed by atoms with van der Waals surface area (Å²) in [7, 11) is 0. The smallest absolute Gasteiger partial charge is 0.239 e. The third-order valence-corrected chi connectivity index (χ3v) is 5.93. The Labute approximate surface area is 190 Å². The average Bonchev–Trinajstić information content (AvgIpc) is 3.17. The lowest BCUT2D eigenvalue weighted by Gasteiger charge is -2.28. The van der Waals surface area contributed by atoms with E-state index in [1.54, 1.807) is 0 Å². The van der Waals surface area contributed by atoms with Crippen LogP contribution in [0.1, 0.15) is 78.0 Å². The number of primary amides is 1. The molecule has 0 bridgehead atoms. The first-order valence-corrected chi connectivity index (χ1v) is 11.3. The van der Waals surface area contributed by atoms with Crippen LogP contribution >= 0.6 is 0 Å². The minimum Gasteiger partial charge on any atom is -0.368 e. The lowest BCUT2D eigenvalue weighted by Crippen LogP contribution is -2.39. The monoisotopic (exact) mass is 441 g/mol. The molecule has 32 heavy (non-hydrogen) atoms. The van der Waals surface area contributed by atoms with E-state index in [1.807, 2.05) is 25.7 Å². The van der Waals surface area contributed by atoms with E-state index in [0.717, 1.165) is 18.4 Å². The van der Waals surface area contributed by atoms with Gasteiger partial charge in [-0.3, -0.25) is 4.79 Å². The molecule has 0 aliphatic carbocycles. The number of hydrogen-bond acceptors (Lipinski definition) is 5. The summed E-state index contributed by atoms with van der Waals surface area (Å²) in [6.07, 6.45) is 3.68. The van der Waals surface area contributed by atoms with Crippen molar-refractivity contribution in [3.63, 3.8) is 0 Å². The highest BCUT2D eigenvalue weighted by atomic mass is 19.1. The van der Waals surface area contributed by atoms with E-state index in [2.05, 4.69) is 60.3 Å². The van der Waals surface area contributed by atoms with Gasteiger partial charge in [-0.2, -0.15) is 4.39 Å². The molecule has 3 N–H and O–H groups in total. The molecule has 0 spiro atoms. The van der Waals surface area contributed by atoms with E-state index in [-0.39, 0.29) is 28.5 Å². The van der Waals surface area contributed by atoms with Gasteiger partial charge in [0.25, 0.3) is 0 Å². The molecule has 1 aromatic heterocycles. The zero-order valence-electron chi connectivity index (χ0n) is 20.1. The fraction of sp³-hybridized carbons (Fsp3) is 0.560. The number of rotatable bonds is 6. The van der Waals surface area contributed by atoms with Crippen LogP contribution in [0.4, 0.5) is 16.0 Å². The van der Waals surface area contributed by atoms with E-state index < -0.39 is 17.8 Å². The zero-order valence-corrected chi connectivity index (χ0v) is 20.1. The van der Waals surface area contributed by atoms with Crippen molar-refractivity contribution in [1.82, 2.24) is 9.97 Å². The summed E-state index contributed by atoms with van der Waals surface area (Å²) in [5.41, 5.74) is 7.90. The molecule has 2 aromatic rings. The molecule has 6 nitrogen and oxygen atoms in total. The number of halogens is 1. The largest absolute Gasteiger partial charge is 0.368 e. The van der Waals surface area contributed by atoms with E-state index in [9.17, 15) is 4.79 Å². The van der Waals surface area contributed by atoms with Crippen molar-refractivity contribution in [1.29, 1.82) is 0 Å². The lowest BCUT2D eigenvalue weighted by molar-refractivity contribution is -0.119. The standard InChI is InChI=1S/C25H36FN5O/c1-24(2,3)14-18(21(27)32)30-22-20(26)23(29-15-28-22)31-13-7-8-19(31)16-9-11-17(12-10-16)25(4,5)6/h9-12,15,18-19H,7-8,13-14H2,1-6H3,(H2,27,32)(H,28,29,30)/t18-,19?/m1/s1. The normalized spacial score (nSPS) is 18.0. The van der Waals surface area contributed by atoms with Gasteiger partial charge < -0.3 is 16.0 Å². The summed E-state index contributed by atoms with van der Waals surface area (Å²) in [5.74, 6) is -0.816. The highest BCUT2D eigenvalue weighted by Crippen LogP contribution is 2.38. The van der Waals surface area contributed by atoms with E-state index in [4.69, 9.17) is 5.73 Å². The second-order valence-electron chi connectivity index (χ2n) is 10.9. The average molecular weight is 442 g/mol. The molecule has 0 radical (unpaired) electrons. The number of anilines is 2. The molecule has 3 rings (SSSR count). The maximum atomic E-state index is 15.5. The van der Waals surface area contributed by atoms with E-state index in [1.165, 1.54) is 11.9 Å². The van der Waals surface area contributed by atoms with Crippen molar-refractivity contribution < 1.29 is 9.18 Å². The van der Waals surface area contributed by atoms with Gasteiger partial charge in [0.1, 0.15) is 12.4 Å². The van der Waals surface area contributed by atoms with Crippen molar-refractivity contribution in [3.8, 4) is 0 Å². The Morgan fingerprint density at radius 2 is 1.84 bits per heavy atom. The van der Waals surface area contributed by atoms with Crippen molar-refractivity contribution in [2.75, 3.05) is 16.8 Å². The van der Waals surface area contributed by atoms with Gasteiger partial charge in [-0.25, -0.2) is 9.97 Å². The fourth-order valence-electron chi connectivity index (χ4n) is 4.23. The number of benzene rings is 1. The van der Waals surface area contributed by atoms with Crippen LogP contribution in [0.25, 0.3) is 0 Å². The second kappa shape index (κ2) is 9.04. The topological polar surface area (TPSA) is 84.1 Å². The van der Waals surface area contributed by atoms with Gasteiger partial charge in [0.05, 0.1) is 6.04 Å². The predicted octanol–water partition coefficient (Wildman–Crippen LogP) is 4.96. The van der Waals surface area contributed by atoms with E-state index >= 15 is 4.39 Å². The van der Waals surface area contributed by atoms with Crippen LogP contribution in [0.2, 0.25) is 0 Å². The van der Waals surface area contributed by atoms with Gasteiger partial charge in [0.15, 0.2) is 11.6 Å². The SMILES string of the molecule is CC(C)(C)C[C@@H](Nc1ncnc(N2CCCC2c2ccc(C(C)(C)C)cc2)c1F)C(N)=O. The number of carbonyl (C=O) groups is 1. The number of nitrogens with two attached hydrogens (primary N) is 1. The molecular formula is C25H36FN5O. The summed E-state index contributed by atoms with van der Waals surface area (Å²) in [5, 5.41) is 2.92. The number of hydrogen-bond donors (Lipinski definition) is 2. The molecule has 1 fully saturated rings. The first-order chi connectivity index (χ1) is 14.9. The van der Waals surface area contributed by atoms with Gasteiger partial charge in [-0.15, -0.1) is 0 Å². The summed E-state index contributed by atoms with van der Waals surface area (Å²) in [4.78, 5) is 22.3. The Morgan fingerprint density at radius 1 is 1.19 bits per heavy atom. The van der Waals surface area contributed by atoms with Crippen LogP contribution in [-0.4, -0.2) is 28.5 Å². The van der Waals surface area contributed by atoms with Crippen molar-refractivity contribution in [2.24, 2.45) is 11.1 Å². The minimum atomic E-state index is -0.716. The maximum absolute atomic E-state index is 15.5. The third-order valence-electron chi connectivity index (χ3n) is 5.93.